The van der Waals surface area contributed by atoms with E-state index in [0.717, 1.165) is 44.5 Å². The highest BCUT2D eigenvalue weighted by Crippen LogP contribution is 2.80. The van der Waals surface area contributed by atoms with Crippen LogP contribution in [0.1, 0.15) is 43.7 Å². The summed E-state index contributed by atoms with van der Waals surface area (Å²) >= 11 is 0. The van der Waals surface area contributed by atoms with Gasteiger partial charge in [0, 0.05) is 48.4 Å². The van der Waals surface area contributed by atoms with Gasteiger partial charge in [0.15, 0.2) is 0 Å². The molecule has 1 heterocycles. The van der Waals surface area contributed by atoms with Gasteiger partial charge in [-0.1, -0.05) is 25.1 Å². The normalized spacial score (nSPS) is 41.4. The van der Waals surface area contributed by atoms with E-state index in [1.165, 1.54) is 11.1 Å². The van der Waals surface area contributed by atoms with Crippen LogP contribution in [-0.4, -0.2) is 36.9 Å². The van der Waals surface area contributed by atoms with Crippen molar-refractivity contribution >= 4 is 5.78 Å². The topological polar surface area (TPSA) is 29.5 Å². The summed E-state index contributed by atoms with van der Waals surface area (Å²) in [7, 11) is 1.77. The first-order valence-electron chi connectivity index (χ1n) is 9.54. The van der Waals surface area contributed by atoms with Crippen LogP contribution in [0.5, 0.6) is 5.75 Å². The summed E-state index contributed by atoms with van der Waals surface area (Å²) in [5.74, 6) is 1.43. The van der Waals surface area contributed by atoms with Crippen LogP contribution < -0.4 is 4.74 Å². The van der Waals surface area contributed by atoms with Gasteiger partial charge < -0.3 is 4.74 Å². The molecule has 5 rings (SSSR count). The van der Waals surface area contributed by atoms with E-state index in [0.29, 0.717) is 23.7 Å². The van der Waals surface area contributed by atoms with Crippen LogP contribution in [0.15, 0.2) is 30.9 Å². The fourth-order valence-corrected chi connectivity index (χ4v) is 7.66. The molecule has 0 bridgehead atoms. The van der Waals surface area contributed by atoms with Crippen molar-refractivity contribution in [1.29, 1.82) is 0 Å². The number of rotatable bonds is 3. The highest BCUT2D eigenvalue weighted by atomic mass is 16.5. The molecule has 0 amide bonds. The van der Waals surface area contributed by atoms with Gasteiger partial charge >= 0.3 is 0 Å². The molecule has 4 aliphatic rings. The van der Waals surface area contributed by atoms with E-state index in [-0.39, 0.29) is 10.8 Å². The maximum atomic E-state index is 12.6. The predicted molar refractivity (Wildman–Crippen MR) is 97.9 cm³/mol. The SMILES string of the molecule is C=CCN1CC2(C)C[C@]34CC(=O)CC[C@]23[C@H]1Cc1cccc(OC)c14. The van der Waals surface area contributed by atoms with Crippen molar-refractivity contribution in [1.82, 2.24) is 4.90 Å². The van der Waals surface area contributed by atoms with E-state index in [9.17, 15) is 4.79 Å². The number of ketones is 1. The van der Waals surface area contributed by atoms with Gasteiger partial charge in [-0.3, -0.25) is 9.69 Å². The van der Waals surface area contributed by atoms with Gasteiger partial charge in [0.2, 0.25) is 0 Å². The Kier molecular flexibility index (Phi) is 2.98. The van der Waals surface area contributed by atoms with Gasteiger partial charge in [0.1, 0.15) is 11.5 Å². The molecular weight excluding hydrogens is 310 g/mol. The van der Waals surface area contributed by atoms with E-state index < -0.39 is 0 Å². The number of likely N-dealkylation sites (tertiary alicyclic amines) is 1. The van der Waals surface area contributed by atoms with E-state index in [1.54, 1.807) is 7.11 Å². The molecule has 25 heavy (non-hydrogen) atoms. The number of Topliss-reactive ketones (excluding diaryl/α,β-unsaturated/α-hetero) is 1. The number of benzene rings is 1. The zero-order chi connectivity index (χ0) is 17.4. The summed E-state index contributed by atoms with van der Waals surface area (Å²) in [4.78, 5) is 15.2. The Morgan fingerprint density at radius 1 is 1.44 bits per heavy atom. The second-order valence-corrected chi connectivity index (χ2v) is 8.94. The lowest BCUT2D eigenvalue weighted by Gasteiger charge is -2.73. The van der Waals surface area contributed by atoms with Gasteiger partial charge in [-0.2, -0.15) is 0 Å². The average molecular weight is 337 g/mol. The number of carbonyl (C=O) groups is 1. The number of hydrogen-bond acceptors (Lipinski definition) is 3. The first-order chi connectivity index (χ1) is 12.0. The first-order valence-corrected chi connectivity index (χ1v) is 9.54. The molecule has 4 atom stereocenters. The molecule has 0 N–H and O–H groups in total. The van der Waals surface area contributed by atoms with Gasteiger partial charge in [0.25, 0.3) is 0 Å². The minimum atomic E-state index is -0.0160. The van der Waals surface area contributed by atoms with Crippen molar-refractivity contribution in [2.45, 2.75) is 50.5 Å². The van der Waals surface area contributed by atoms with E-state index in [1.807, 2.05) is 6.08 Å². The summed E-state index contributed by atoms with van der Waals surface area (Å²) in [6.07, 6.45) is 6.73. The number of nitrogens with zero attached hydrogens (tertiary/aromatic N) is 1. The summed E-state index contributed by atoms with van der Waals surface area (Å²) in [5.41, 5.74) is 3.27. The largest absolute Gasteiger partial charge is 0.496 e. The third kappa shape index (κ3) is 1.55. The lowest BCUT2D eigenvalue weighted by atomic mass is 9.29. The van der Waals surface area contributed by atoms with Crippen LogP contribution >= 0.6 is 0 Å². The number of ether oxygens (including phenoxy) is 1. The summed E-state index contributed by atoms with van der Waals surface area (Å²) < 4.78 is 5.80. The van der Waals surface area contributed by atoms with E-state index >= 15 is 0 Å². The Balaban J connectivity index is 1.77. The molecule has 1 aromatic carbocycles. The van der Waals surface area contributed by atoms with Crippen LogP contribution in [0.4, 0.5) is 0 Å². The number of carbonyl (C=O) groups excluding carboxylic acids is 1. The van der Waals surface area contributed by atoms with Crippen molar-refractivity contribution in [3.8, 4) is 5.75 Å². The minimum Gasteiger partial charge on any atom is -0.496 e. The van der Waals surface area contributed by atoms with Crippen LogP contribution in [0, 0.1) is 10.8 Å². The van der Waals surface area contributed by atoms with Crippen molar-refractivity contribution in [3.05, 3.63) is 42.0 Å². The minimum absolute atomic E-state index is 0.0160. The average Bonchev–Trinajstić information content (AvgIpc) is 2.78. The molecule has 3 fully saturated rings. The molecule has 1 saturated heterocycles. The molecule has 0 radical (unpaired) electrons. The van der Waals surface area contributed by atoms with Gasteiger partial charge in [-0.25, -0.2) is 0 Å². The molecule has 3 heteroatoms. The second kappa shape index (κ2) is 4.76. The molecule has 2 saturated carbocycles. The summed E-state index contributed by atoms with van der Waals surface area (Å²) in [6.45, 7) is 8.55. The molecule has 132 valence electrons. The quantitative estimate of drug-likeness (QED) is 0.791. The molecule has 1 spiro atoms. The standard InChI is InChI=1S/C22H27NO2/c1-4-10-23-14-20(2)13-21-12-16(24)8-9-22(20,21)18(23)11-15-6-5-7-17(25-3)19(15)21/h4-7,18H,1,8-14H2,2-3H3/t18-,20?,21+,22+/m1/s1. The summed E-state index contributed by atoms with van der Waals surface area (Å²) in [5, 5.41) is 0. The Labute approximate surface area is 150 Å². The van der Waals surface area contributed by atoms with Crippen molar-refractivity contribution in [3.63, 3.8) is 0 Å². The molecule has 1 aliphatic heterocycles. The Morgan fingerprint density at radius 3 is 3.04 bits per heavy atom. The molecule has 3 aliphatic carbocycles. The number of hydrogen-bond donors (Lipinski definition) is 0. The van der Waals surface area contributed by atoms with E-state index in [4.69, 9.17) is 4.74 Å². The van der Waals surface area contributed by atoms with E-state index in [2.05, 4.69) is 36.6 Å². The molecular formula is C22H27NO2. The molecule has 1 unspecified atom stereocenters. The third-order valence-electron chi connectivity index (χ3n) is 8.07. The Hall–Kier alpha value is -1.61. The fourth-order valence-electron chi connectivity index (χ4n) is 7.66. The van der Waals surface area contributed by atoms with Gasteiger partial charge in [0.05, 0.1) is 7.11 Å². The molecule has 0 aromatic heterocycles. The highest BCUT2D eigenvalue weighted by molar-refractivity contribution is 5.83. The van der Waals surface area contributed by atoms with Crippen LogP contribution in [0.25, 0.3) is 0 Å². The maximum Gasteiger partial charge on any atom is 0.133 e. The van der Waals surface area contributed by atoms with Crippen molar-refractivity contribution < 1.29 is 9.53 Å². The lowest BCUT2D eigenvalue weighted by Crippen LogP contribution is -2.73. The maximum absolute atomic E-state index is 12.6. The number of methoxy groups -OCH3 is 1. The predicted octanol–water partition coefficient (Wildman–Crippen LogP) is 3.51. The first kappa shape index (κ1) is 15.6. The monoisotopic (exact) mass is 337 g/mol. The Morgan fingerprint density at radius 2 is 2.28 bits per heavy atom. The second-order valence-electron chi connectivity index (χ2n) is 8.94. The zero-order valence-corrected chi connectivity index (χ0v) is 15.3. The van der Waals surface area contributed by atoms with Crippen LogP contribution in [-0.2, 0) is 16.6 Å². The van der Waals surface area contributed by atoms with Gasteiger partial charge in [-0.15, -0.1) is 6.58 Å². The lowest BCUT2D eigenvalue weighted by molar-refractivity contribution is -0.180. The number of fused-ring (bicyclic) bond motifs is 1. The molecule has 3 nitrogen and oxygen atoms in total. The van der Waals surface area contributed by atoms with Gasteiger partial charge in [-0.05, 0) is 36.3 Å². The van der Waals surface area contributed by atoms with Crippen molar-refractivity contribution in [2.24, 2.45) is 10.8 Å². The zero-order valence-electron chi connectivity index (χ0n) is 15.3. The Bertz CT molecular complexity index is 786. The fraction of sp³-hybridized carbons (Fsp3) is 0.591. The van der Waals surface area contributed by atoms with Crippen LogP contribution in [0.3, 0.4) is 0 Å². The molecule has 1 aromatic rings. The summed E-state index contributed by atoms with van der Waals surface area (Å²) in [6, 6.07) is 6.98. The van der Waals surface area contributed by atoms with Crippen molar-refractivity contribution in [2.75, 3.05) is 20.2 Å². The third-order valence-corrected chi connectivity index (χ3v) is 8.07. The van der Waals surface area contributed by atoms with Crippen LogP contribution in [0.2, 0.25) is 0 Å². The highest BCUT2D eigenvalue weighted by Gasteiger charge is 2.80. The smallest absolute Gasteiger partial charge is 0.133 e.